The molecule has 4 nitrogen and oxygen atoms in total. The summed E-state index contributed by atoms with van der Waals surface area (Å²) >= 11 is 6.09. The van der Waals surface area contributed by atoms with E-state index in [4.69, 9.17) is 16.3 Å². The number of rotatable bonds is 6. The van der Waals surface area contributed by atoms with Crippen molar-refractivity contribution in [3.05, 3.63) is 17.0 Å². The van der Waals surface area contributed by atoms with Gasteiger partial charge in [-0.15, -0.1) is 0 Å². The topological polar surface area (TPSA) is 38.2 Å². The molecule has 0 radical (unpaired) electrons. The van der Waals surface area contributed by atoms with Gasteiger partial charge in [-0.25, -0.2) is 9.97 Å². The molecule has 0 spiro atoms. The Morgan fingerprint density at radius 1 is 1.30 bits per heavy atom. The summed E-state index contributed by atoms with van der Waals surface area (Å²) in [6.07, 6.45) is 5.11. The van der Waals surface area contributed by atoms with E-state index in [0.717, 1.165) is 24.8 Å². The quantitative estimate of drug-likeness (QED) is 0.751. The summed E-state index contributed by atoms with van der Waals surface area (Å²) < 4.78 is 5.36. The van der Waals surface area contributed by atoms with Gasteiger partial charge in [-0.05, 0) is 25.7 Å². The summed E-state index contributed by atoms with van der Waals surface area (Å²) in [6, 6.07) is 1.86. The third-order valence-electron chi connectivity index (χ3n) is 3.80. The number of ether oxygens (including phenoxy) is 1. The minimum atomic E-state index is 0.427. The summed E-state index contributed by atoms with van der Waals surface area (Å²) in [5, 5.41) is 0.500. The molecule has 1 aliphatic rings. The highest BCUT2D eigenvalue weighted by molar-refractivity contribution is 6.29. The summed E-state index contributed by atoms with van der Waals surface area (Å²) in [4.78, 5) is 11.1. The number of halogens is 1. The smallest absolute Gasteiger partial charge is 0.158 e. The Bertz CT molecular complexity index is 420. The van der Waals surface area contributed by atoms with Gasteiger partial charge in [0.05, 0.1) is 0 Å². The Morgan fingerprint density at radius 3 is 2.70 bits per heavy atom. The lowest BCUT2D eigenvalue weighted by molar-refractivity contribution is 0.128. The molecule has 1 fully saturated rings. The van der Waals surface area contributed by atoms with E-state index in [0.29, 0.717) is 24.2 Å². The minimum Gasteiger partial charge on any atom is -0.374 e. The molecule has 0 aliphatic carbocycles. The maximum Gasteiger partial charge on any atom is 0.158 e. The lowest BCUT2D eigenvalue weighted by atomic mass is 9.92. The Balaban J connectivity index is 2.00. The van der Waals surface area contributed by atoms with Crippen molar-refractivity contribution >= 4 is 17.4 Å². The molecule has 0 unspecified atom stereocenters. The standard InChI is InChI=1S/C15H24ClN3O/c1-3-5-12-6-8-19(9-7-12)15-10-13(16)17-14(18-15)11-20-4-2/h10,12H,3-9,11H2,1-2H3. The molecule has 0 amide bonds. The Morgan fingerprint density at radius 2 is 2.05 bits per heavy atom. The molecule has 0 saturated carbocycles. The van der Waals surface area contributed by atoms with Crippen LogP contribution < -0.4 is 4.90 Å². The fourth-order valence-electron chi connectivity index (χ4n) is 2.73. The van der Waals surface area contributed by atoms with Gasteiger partial charge in [-0.1, -0.05) is 31.4 Å². The highest BCUT2D eigenvalue weighted by Crippen LogP contribution is 2.26. The summed E-state index contributed by atoms with van der Waals surface area (Å²) in [5.41, 5.74) is 0. The van der Waals surface area contributed by atoms with Crippen molar-refractivity contribution in [3.63, 3.8) is 0 Å². The van der Waals surface area contributed by atoms with Crippen LogP contribution in [0.5, 0.6) is 0 Å². The molecule has 20 heavy (non-hydrogen) atoms. The second-order valence-electron chi connectivity index (χ2n) is 5.32. The van der Waals surface area contributed by atoms with E-state index in [9.17, 15) is 0 Å². The van der Waals surface area contributed by atoms with Gasteiger partial charge >= 0.3 is 0 Å². The maximum absolute atomic E-state index is 6.09. The molecule has 0 N–H and O–H groups in total. The predicted octanol–water partition coefficient (Wildman–Crippen LogP) is 3.68. The predicted molar refractivity (Wildman–Crippen MR) is 82.2 cm³/mol. The molecule has 112 valence electrons. The average Bonchev–Trinajstić information content (AvgIpc) is 2.46. The molecule has 1 aromatic heterocycles. The maximum atomic E-state index is 6.09. The second-order valence-corrected chi connectivity index (χ2v) is 5.71. The molecule has 0 bridgehead atoms. The third kappa shape index (κ3) is 4.32. The normalized spacial score (nSPS) is 16.6. The number of hydrogen-bond donors (Lipinski definition) is 0. The lowest BCUT2D eigenvalue weighted by Gasteiger charge is -2.32. The van der Waals surface area contributed by atoms with Gasteiger partial charge in [0.2, 0.25) is 0 Å². The van der Waals surface area contributed by atoms with Crippen molar-refractivity contribution in [1.29, 1.82) is 0 Å². The van der Waals surface area contributed by atoms with Crippen LogP contribution in [-0.2, 0) is 11.3 Å². The summed E-state index contributed by atoms with van der Waals surface area (Å²) in [6.45, 7) is 7.43. The van der Waals surface area contributed by atoms with E-state index >= 15 is 0 Å². The molecular weight excluding hydrogens is 274 g/mol. The highest BCUT2D eigenvalue weighted by atomic mass is 35.5. The van der Waals surface area contributed by atoms with E-state index in [1.807, 2.05) is 13.0 Å². The molecule has 1 aliphatic heterocycles. The molecule has 1 aromatic rings. The number of piperidine rings is 1. The fraction of sp³-hybridized carbons (Fsp3) is 0.733. The van der Waals surface area contributed by atoms with Gasteiger partial charge in [0.25, 0.3) is 0 Å². The van der Waals surface area contributed by atoms with Gasteiger partial charge in [0.15, 0.2) is 5.82 Å². The van der Waals surface area contributed by atoms with Crippen LogP contribution in [-0.4, -0.2) is 29.7 Å². The molecule has 2 rings (SSSR count). The van der Waals surface area contributed by atoms with Gasteiger partial charge in [0, 0.05) is 25.8 Å². The van der Waals surface area contributed by atoms with Gasteiger partial charge in [-0.2, -0.15) is 0 Å². The summed E-state index contributed by atoms with van der Waals surface area (Å²) in [7, 11) is 0. The largest absolute Gasteiger partial charge is 0.374 e. The van der Waals surface area contributed by atoms with E-state index in [2.05, 4.69) is 21.8 Å². The van der Waals surface area contributed by atoms with Crippen LogP contribution >= 0.6 is 11.6 Å². The molecule has 0 aromatic carbocycles. The Hall–Kier alpha value is -0.870. The van der Waals surface area contributed by atoms with Crippen molar-refractivity contribution < 1.29 is 4.74 Å². The zero-order valence-electron chi connectivity index (χ0n) is 12.4. The first kappa shape index (κ1) is 15.5. The van der Waals surface area contributed by atoms with Crippen molar-refractivity contribution in [2.45, 2.75) is 46.1 Å². The van der Waals surface area contributed by atoms with E-state index in [1.54, 1.807) is 0 Å². The van der Waals surface area contributed by atoms with Crippen LogP contribution in [0.15, 0.2) is 6.07 Å². The Kier molecular flexibility index (Phi) is 6.05. The zero-order chi connectivity index (χ0) is 14.4. The number of hydrogen-bond acceptors (Lipinski definition) is 4. The van der Waals surface area contributed by atoms with Crippen LogP contribution in [0.1, 0.15) is 45.4 Å². The first-order chi connectivity index (χ1) is 9.72. The van der Waals surface area contributed by atoms with Crippen molar-refractivity contribution in [2.24, 2.45) is 5.92 Å². The van der Waals surface area contributed by atoms with Crippen LogP contribution in [0.2, 0.25) is 5.15 Å². The molecule has 2 heterocycles. The lowest BCUT2D eigenvalue weighted by Crippen LogP contribution is -2.34. The van der Waals surface area contributed by atoms with Crippen LogP contribution in [0.4, 0.5) is 5.82 Å². The van der Waals surface area contributed by atoms with E-state index in [-0.39, 0.29) is 0 Å². The van der Waals surface area contributed by atoms with E-state index < -0.39 is 0 Å². The zero-order valence-corrected chi connectivity index (χ0v) is 13.2. The highest BCUT2D eigenvalue weighted by Gasteiger charge is 2.20. The Labute approximate surface area is 126 Å². The first-order valence-electron chi connectivity index (χ1n) is 7.59. The monoisotopic (exact) mass is 297 g/mol. The molecule has 5 heteroatoms. The summed E-state index contributed by atoms with van der Waals surface area (Å²) in [5.74, 6) is 2.48. The van der Waals surface area contributed by atoms with Crippen molar-refractivity contribution in [2.75, 3.05) is 24.6 Å². The molecular formula is C15H24ClN3O. The molecule has 1 saturated heterocycles. The number of aromatic nitrogens is 2. The van der Waals surface area contributed by atoms with Crippen molar-refractivity contribution in [3.8, 4) is 0 Å². The van der Waals surface area contributed by atoms with Gasteiger partial charge in [0.1, 0.15) is 17.6 Å². The second kappa shape index (κ2) is 7.79. The minimum absolute atomic E-state index is 0.427. The third-order valence-corrected chi connectivity index (χ3v) is 3.99. The SMILES string of the molecule is CCCC1CCN(c2cc(Cl)nc(COCC)n2)CC1. The first-order valence-corrected chi connectivity index (χ1v) is 7.96. The fourth-order valence-corrected chi connectivity index (χ4v) is 2.93. The average molecular weight is 298 g/mol. The van der Waals surface area contributed by atoms with Gasteiger partial charge in [-0.3, -0.25) is 0 Å². The van der Waals surface area contributed by atoms with Gasteiger partial charge < -0.3 is 9.64 Å². The van der Waals surface area contributed by atoms with Crippen LogP contribution in [0.25, 0.3) is 0 Å². The van der Waals surface area contributed by atoms with Crippen molar-refractivity contribution in [1.82, 2.24) is 9.97 Å². The molecule has 0 atom stereocenters. The number of nitrogens with zero attached hydrogens (tertiary/aromatic N) is 3. The van der Waals surface area contributed by atoms with E-state index in [1.165, 1.54) is 25.7 Å². The van der Waals surface area contributed by atoms with Crippen LogP contribution in [0, 0.1) is 5.92 Å². The van der Waals surface area contributed by atoms with Crippen LogP contribution in [0.3, 0.4) is 0 Å². The number of anilines is 1.